The van der Waals surface area contributed by atoms with Gasteiger partial charge in [0, 0.05) is 30.0 Å². The predicted molar refractivity (Wildman–Crippen MR) is 117 cm³/mol. The summed E-state index contributed by atoms with van der Waals surface area (Å²) in [5, 5.41) is 2.06. The largest absolute Gasteiger partial charge is 0.419 e. The summed E-state index contributed by atoms with van der Waals surface area (Å²) in [5.74, 6) is -5.20. The molecule has 2 aromatic rings. The first-order chi connectivity index (χ1) is 17.2. The Morgan fingerprint density at radius 1 is 1.14 bits per heavy atom. The van der Waals surface area contributed by atoms with Crippen LogP contribution in [0.4, 0.5) is 26.3 Å². The van der Waals surface area contributed by atoms with Crippen LogP contribution in [0.25, 0.3) is 0 Å². The summed E-state index contributed by atoms with van der Waals surface area (Å²) in [6.07, 6.45) is -4.21. The highest BCUT2D eigenvalue weighted by atomic mass is 32.2. The average molecular weight is 549 g/mol. The van der Waals surface area contributed by atoms with Crippen LogP contribution >= 0.6 is 0 Å². The molecule has 2 aliphatic rings. The van der Waals surface area contributed by atoms with Gasteiger partial charge in [-0.1, -0.05) is 0 Å². The molecule has 0 bridgehead atoms. The number of halogens is 6. The van der Waals surface area contributed by atoms with E-state index in [9.17, 15) is 44.3 Å². The Labute approximate surface area is 207 Å². The Morgan fingerprint density at radius 3 is 2.41 bits per heavy atom. The Bertz CT molecular complexity index is 1350. The van der Waals surface area contributed by atoms with Gasteiger partial charge in [-0.05, 0) is 43.0 Å². The lowest BCUT2D eigenvalue weighted by atomic mass is 9.98. The highest BCUT2D eigenvalue weighted by Gasteiger charge is 2.44. The Kier molecular flexibility index (Phi) is 6.99. The number of amides is 2. The van der Waals surface area contributed by atoms with Crippen molar-refractivity contribution in [2.75, 3.05) is 12.8 Å². The molecule has 1 aliphatic carbocycles. The van der Waals surface area contributed by atoms with Crippen molar-refractivity contribution in [1.29, 1.82) is 0 Å². The summed E-state index contributed by atoms with van der Waals surface area (Å²) >= 11 is 0. The summed E-state index contributed by atoms with van der Waals surface area (Å²) in [7, 11) is -3.76. The first-order valence-corrected chi connectivity index (χ1v) is 13.0. The lowest BCUT2D eigenvalue weighted by molar-refractivity contribution is -0.140. The van der Waals surface area contributed by atoms with Gasteiger partial charge in [0.1, 0.15) is 23.8 Å². The molecular weight excluding hydrogens is 528 g/mol. The van der Waals surface area contributed by atoms with E-state index in [1.807, 2.05) is 0 Å². The van der Waals surface area contributed by atoms with Gasteiger partial charge >= 0.3 is 6.18 Å². The van der Waals surface area contributed by atoms with Crippen molar-refractivity contribution in [3.05, 3.63) is 58.8 Å². The van der Waals surface area contributed by atoms with E-state index < -0.39 is 86.8 Å². The van der Waals surface area contributed by atoms with E-state index in [-0.39, 0.29) is 17.5 Å². The molecule has 3 atom stereocenters. The van der Waals surface area contributed by atoms with Crippen molar-refractivity contribution in [3.63, 3.8) is 0 Å². The van der Waals surface area contributed by atoms with Crippen LogP contribution in [0.15, 0.2) is 35.5 Å². The van der Waals surface area contributed by atoms with Crippen molar-refractivity contribution in [2.24, 2.45) is 5.92 Å². The standard InChI is InChI=1S/C23H21F6N3O4S/c1-37(35,36)19-6-12(4-5-30-19)22(34)32-10-13(24)7-18(32)21(33)31-20(11-2-3-11)14-8-17(26)15(9-16(14)25)23(27,28)29/h4-6,8-9,11,13,18,20H,2-3,7,10H2,1H3,(H,31,33)/t13-,18+,20?/m0/s1. The molecule has 0 spiro atoms. The first-order valence-electron chi connectivity index (χ1n) is 11.1. The molecule has 7 nitrogen and oxygen atoms in total. The second-order valence-corrected chi connectivity index (χ2v) is 11.1. The molecule has 1 saturated carbocycles. The molecule has 1 aromatic heterocycles. The molecule has 1 aliphatic heterocycles. The molecule has 4 rings (SSSR count). The van der Waals surface area contributed by atoms with Crippen LogP contribution in [-0.4, -0.2) is 55.1 Å². The molecule has 37 heavy (non-hydrogen) atoms. The number of rotatable bonds is 6. The first kappa shape index (κ1) is 26.9. The zero-order valence-corrected chi connectivity index (χ0v) is 20.0. The fourth-order valence-electron chi connectivity index (χ4n) is 4.32. The molecule has 1 N–H and O–H groups in total. The maximum Gasteiger partial charge on any atom is 0.419 e. The number of sulfone groups is 1. The zero-order valence-electron chi connectivity index (χ0n) is 19.2. The van der Waals surface area contributed by atoms with Crippen molar-refractivity contribution >= 4 is 21.7 Å². The Hall–Kier alpha value is -3.16. The quantitative estimate of drug-likeness (QED) is 0.556. The van der Waals surface area contributed by atoms with Crippen molar-refractivity contribution in [1.82, 2.24) is 15.2 Å². The Balaban J connectivity index is 1.59. The fraction of sp³-hybridized carbons (Fsp3) is 0.435. The van der Waals surface area contributed by atoms with E-state index in [2.05, 4.69) is 10.3 Å². The minimum atomic E-state index is -5.12. The van der Waals surface area contributed by atoms with E-state index in [4.69, 9.17) is 0 Å². The zero-order chi connectivity index (χ0) is 27.3. The summed E-state index contributed by atoms with van der Waals surface area (Å²) in [6, 6.07) is 0.0355. The molecule has 2 amide bonds. The monoisotopic (exact) mass is 549 g/mol. The van der Waals surface area contributed by atoms with Crippen LogP contribution in [0, 0.1) is 17.6 Å². The summed E-state index contributed by atoms with van der Waals surface area (Å²) in [5.41, 5.74) is -2.42. The Morgan fingerprint density at radius 2 is 1.81 bits per heavy atom. The molecule has 1 saturated heterocycles. The molecule has 14 heteroatoms. The van der Waals surface area contributed by atoms with Gasteiger partial charge in [-0.2, -0.15) is 13.2 Å². The SMILES string of the molecule is CS(=O)(=O)c1cc(C(=O)N2C[C@@H](F)C[C@@H]2C(=O)NC(c2cc(F)c(C(F)(F)F)cc2F)C2CC2)ccn1. The second-order valence-electron chi connectivity index (χ2n) is 9.14. The van der Waals surface area contributed by atoms with Crippen molar-refractivity contribution in [2.45, 2.75) is 48.7 Å². The van der Waals surface area contributed by atoms with Crippen LogP contribution in [0.2, 0.25) is 0 Å². The van der Waals surface area contributed by atoms with Crippen LogP contribution in [0.3, 0.4) is 0 Å². The van der Waals surface area contributed by atoms with Crippen molar-refractivity contribution in [3.8, 4) is 0 Å². The molecule has 0 radical (unpaired) electrons. The van der Waals surface area contributed by atoms with Gasteiger partial charge < -0.3 is 10.2 Å². The molecule has 1 unspecified atom stereocenters. The minimum absolute atomic E-state index is 0.0258. The van der Waals surface area contributed by atoms with Gasteiger partial charge in [0.05, 0.1) is 18.2 Å². The number of aromatic nitrogens is 1. The molecule has 1 aromatic carbocycles. The highest BCUT2D eigenvalue weighted by Crippen LogP contribution is 2.43. The molecular formula is C23H21F6N3O4S. The fourth-order valence-corrected chi connectivity index (χ4v) is 4.91. The number of hydrogen-bond donors (Lipinski definition) is 1. The predicted octanol–water partition coefficient (Wildman–Crippen LogP) is 3.60. The third-order valence-electron chi connectivity index (χ3n) is 6.29. The second kappa shape index (κ2) is 9.62. The van der Waals surface area contributed by atoms with Gasteiger partial charge in [0.15, 0.2) is 14.9 Å². The van der Waals surface area contributed by atoms with Gasteiger partial charge in [-0.15, -0.1) is 0 Å². The third-order valence-corrected chi connectivity index (χ3v) is 7.28. The number of hydrogen-bond acceptors (Lipinski definition) is 5. The summed E-state index contributed by atoms with van der Waals surface area (Å²) in [4.78, 5) is 30.8. The van der Waals surface area contributed by atoms with E-state index >= 15 is 0 Å². The topological polar surface area (TPSA) is 96.4 Å². The molecule has 200 valence electrons. The van der Waals surface area contributed by atoms with Crippen LogP contribution in [-0.2, 0) is 20.8 Å². The van der Waals surface area contributed by atoms with E-state index in [0.717, 1.165) is 23.4 Å². The van der Waals surface area contributed by atoms with Gasteiger partial charge in [-0.3, -0.25) is 9.59 Å². The number of benzene rings is 1. The highest BCUT2D eigenvalue weighted by molar-refractivity contribution is 7.90. The van der Waals surface area contributed by atoms with Crippen LogP contribution < -0.4 is 5.32 Å². The summed E-state index contributed by atoms with van der Waals surface area (Å²) in [6.45, 7) is -0.481. The normalized spacial score (nSPS) is 21.1. The van der Waals surface area contributed by atoms with Gasteiger partial charge in [0.2, 0.25) is 5.91 Å². The molecule has 2 heterocycles. The number of likely N-dealkylation sites (tertiary alicyclic amines) is 1. The maximum absolute atomic E-state index is 14.7. The smallest absolute Gasteiger partial charge is 0.347 e. The molecule has 2 fully saturated rings. The lowest BCUT2D eigenvalue weighted by Gasteiger charge is -2.27. The number of carbonyl (C=O) groups excluding carboxylic acids is 2. The van der Waals surface area contributed by atoms with Crippen LogP contribution in [0.1, 0.15) is 46.8 Å². The average Bonchev–Trinajstić information content (AvgIpc) is 3.57. The number of nitrogens with zero attached hydrogens (tertiary/aromatic N) is 2. The van der Waals surface area contributed by atoms with E-state index in [1.54, 1.807) is 0 Å². The number of nitrogens with one attached hydrogen (secondary N) is 1. The number of alkyl halides is 4. The minimum Gasteiger partial charge on any atom is -0.347 e. The lowest BCUT2D eigenvalue weighted by Crippen LogP contribution is -2.47. The van der Waals surface area contributed by atoms with E-state index in [0.29, 0.717) is 18.9 Å². The summed E-state index contributed by atoms with van der Waals surface area (Å²) < 4.78 is 106. The van der Waals surface area contributed by atoms with Gasteiger partial charge in [-0.25, -0.2) is 26.6 Å². The number of pyridine rings is 1. The van der Waals surface area contributed by atoms with Gasteiger partial charge in [0.25, 0.3) is 5.91 Å². The maximum atomic E-state index is 14.7. The number of carbonyl (C=O) groups is 2. The van der Waals surface area contributed by atoms with Crippen molar-refractivity contribution < 1.29 is 44.3 Å². The third kappa shape index (κ3) is 5.73. The van der Waals surface area contributed by atoms with E-state index in [1.165, 1.54) is 6.07 Å². The van der Waals surface area contributed by atoms with Crippen LogP contribution in [0.5, 0.6) is 0 Å².